The van der Waals surface area contributed by atoms with Crippen molar-refractivity contribution in [3.8, 4) is 0 Å². The van der Waals surface area contributed by atoms with Crippen molar-refractivity contribution in [3.63, 3.8) is 0 Å². The van der Waals surface area contributed by atoms with Crippen LogP contribution in [-0.4, -0.2) is 28.9 Å². The van der Waals surface area contributed by atoms with Gasteiger partial charge in [-0.05, 0) is 53.3 Å². The molecule has 2 heterocycles. The molecule has 4 aromatic rings. The number of H-pyrrole nitrogens is 1. The number of amides is 2. The number of carbonyl (C=O) groups is 2. The second-order valence-electron chi connectivity index (χ2n) is 9.07. The molecule has 0 aliphatic carbocycles. The quantitative estimate of drug-likeness (QED) is 0.331. The van der Waals surface area contributed by atoms with E-state index >= 15 is 0 Å². The van der Waals surface area contributed by atoms with Gasteiger partial charge in [-0.1, -0.05) is 61.5 Å². The second kappa shape index (κ2) is 10.2. The topological polar surface area (TPSA) is 86.0 Å². The van der Waals surface area contributed by atoms with Crippen molar-refractivity contribution in [1.82, 2.24) is 15.6 Å². The molecule has 1 aromatic heterocycles. The van der Waals surface area contributed by atoms with Gasteiger partial charge in [0.1, 0.15) is 6.04 Å². The van der Waals surface area contributed by atoms with Crippen LogP contribution in [0.25, 0.3) is 10.9 Å². The zero-order chi connectivity index (χ0) is 24.2. The minimum atomic E-state index is -0.716. The van der Waals surface area contributed by atoms with Crippen molar-refractivity contribution in [2.24, 2.45) is 0 Å². The highest BCUT2D eigenvalue weighted by Crippen LogP contribution is 2.21. The highest BCUT2D eigenvalue weighted by molar-refractivity contribution is 5.98. The predicted octanol–water partition coefficient (Wildman–Crippen LogP) is 4.11. The van der Waals surface area contributed by atoms with E-state index in [4.69, 9.17) is 0 Å². The van der Waals surface area contributed by atoms with Gasteiger partial charge >= 0.3 is 0 Å². The molecule has 6 heteroatoms. The number of hydrogen-bond acceptors (Lipinski definition) is 3. The first-order valence-corrected chi connectivity index (χ1v) is 12.2. The summed E-state index contributed by atoms with van der Waals surface area (Å²) in [5.74, 6) is -0.398. The summed E-state index contributed by atoms with van der Waals surface area (Å²) in [5.41, 5.74) is 6.30. The Morgan fingerprint density at radius 2 is 1.71 bits per heavy atom. The smallest absolute Gasteiger partial charge is 0.247 e. The predicted molar refractivity (Wildman–Crippen MR) is 139 cm³/mol. The Kier molecular flexibility index (Phi) is 6.64. The maximum absolute atomic E-state index is 13.4. The van der Waals surface area contributed by atoms with E-state index in [0.717, 1.165) is 28.6 Å². The van der Waals surface area contributed by atoms with Gasteiger partial charge in [-0.15, -0.1) is 0 Å². The lowest BCUT2D eigenvalue weighted by Crippen LogP contribution is -2.53. The third-order valence-electron chi connectivity index (χ3n) is 6.76. The summed E-state index contributed by atoms with van der Waals surface area (Å²) in [7, 11) is 0. The number of aryl methyl sites for hydroxylation is 1. The molecule has 0 radical (unpaired) electrons. The van der Waals surface area contributed by atoms with Crippen molar-refractivity contribution in [1.29, 1.82) is 0 Å². The average molecular weight is 467 g/mol. The van der Waals surface area contributed by atoms with E-state index in [0.29, 0.717) is 19.4 Å². The van der Waals surface area contributed by atoms with E-state index < -0.39 is 6.04 Å². The summed E-state index contributed by atoms with van der Waals surface area (Å²) >= 11 is 0. The highest BCUT2D eigenvalue weighted by atomic mass is 16.2. The number of benzene rings is 3. The molecule has 1 aliphatic rings. The zero-order valence-corrected chi connectivity index (χ0v) is 19.8. The first kappa shape index (κ1) is 22.9. The first-order valence-electron chi connectivity index (χ1n) is 12.2. The van der Waals surface area contributed by atoms with Gasteiger partial charge < -0.3 is 20.9 Å². The number of aromatic amines is 1. The summed E-state index contributed by atoms with van der Waals surface area (Å²) in [4.78, 5) is 29.9. The molecule has 6 nitrogen and oxygen atoms in total. The summed E-state index contributed by atoms with van der Waals surface area (Å²) in [5, 5.41) is 10.4. The van der Waals surface area contributed by atoms with Gasteiger partial charge in [0.15, 0.2) is 0 Å². The molecular weight excluding hydrogens is 436 g/mol. The molecule has 4 N–H and O–H groups in total. The number of fused-ring (bicyclic) bond motifs is 2. The van der Waals surface area contributed by atoms with E-state index in [1.165, 1.54) is 16.7 Å². The molecule has 0 bridgehead atoms. The molecule has 5 rings (SSSR count). The zero-order valence-electron chi connectivity index (χ0n) is 19.8. The molecule has 3 aromatic carbocycles. The van der Waals surface area contributed by atoms with E-state index in [2.05, 4.69) is 40.0 Å². The van der Waals surface area contributed by atoms with Crippen LogP contribution in [0.2, 0.25) is 0 Å². The summed E-state index contributed by atoms with van der Waals surface area (Å²) in [6.45, 7) is 2.73. The molecular formula is C29H30N4O2. The monoisotopic (exact) mass is 466 g/mol. The lowest BCUT2D eigenvalue weighted by Gasteiger charge is -2.27. The highest BCUT2D eigenvalue weighted by Gasteiger charge is 2.29. The standard InChI is InChI=1S/C29H30N4O2/c1-2-19-11-13-23(14-12-19)32-29(35)27(16-22-18-30-25-10-6-5-9-24(22)25)33-28(34)26-15-20-7-3-4-8-21(20)17-31-26/h3-14,18,26-27,30-31H,2,15-17H2,1H3,(H,32,35)(H,33,34)/t26-,27+/m1/s1. The van der Waals surface area contributed by atoms with Crippen LogP contribution in [0.5, 0.6) is 0 Å². The second-order valence-corrected chi connectivity index (χ2v) is 9.07. The normalized spacial score (nSPS) is 15.9. The lowest BCUT2D eigenvalue weighted by atomic mass is 9.95. The Balaban J connectivity index is 1.35. The summed E-state index contributed by atoms with van der Waals surface area (Å²) in [6.07, 6.45) is 3.84. The van der Waals surface area contributed by atoms with Crippen LogP contribution >= 0.6 is 0 Å². The van der Waals surface area contributed by atoms with Crippen LogP contribution in [0.4, 0.5) is 5.69 Å². The van der Waals surface area contributed by atoms with Crippen LogP contribution in [0.3, 0.4) is 0 Å². The third-order valence-corrected chi connectivity index (χ3v) is 6.76. The fourth-order valence-electron chi connectivity index (χ4n) is 4.69. The van der Waals surface area contributed by atoms with Gasteiger partial charge in [-0.25, -0.2) is 0 Å². The molecule has 1 aliphatic heterocycles. The molecule has 2 amide bonds. The van der Waals surface area contributed by atoms with E-state index in [1.807, 2.05) is 66.9 Å². The number of para-hydroxylation sites is 1. The number of anilines is 1. The van der Waals surface area contributed by atoms with Gasteiger partial charge in [0, 0.05) is 35.8 Å². The Morgan fingerprint density at radius 1 is 0.971 bits per heavy atom. The number of nitrogens with one attached hydrogen (secondary N) is 4. The third kappa shape index (κ3) is 5.12. The molecule has 2 atom stereocenters. The Labute approximate surface area is 205 Å². The van der Waals surface area contributed by atoms with Crippen LogP contribution in [0, 0.1) is 0 Å². The Hall–Kier alpha value is -3.90. The maximum Gasteiger partial charge on any atom is 0.247 e. The SMILES string of the molecule is CCc1ccc(NC(=O)[C@H](Cc2c[nH]c3ccccc23)NC(=O)[C@H]2Cc3ccccc3CN2)cc1. The Bertz CT molecular complexity index is 1340. The number of hydrogen-bond donors (Lipinski definition) is 4. The van der Waals surface area contributed by atoms with Crippen LogP contribution in [0.1, 0.15) is 29.2 Å². The van der Waals surface area contributed by atoms with E-state index in [1.54, 1.807) is 0 Å². The van der Waals surface area contributed by atoms with Gasteiger partial charge in [-0.2, -0.15) is 0 Å². The van der Waals surface area contributed by atoms with E-state index in [-0.39, 0.29) is 17.9 Å². The first-order chi connectivity index (χ1) is 17.1. The van der Waals surface area contributed by atoms with Crippen molar-refractivity contribution in [3.05, 3.63) is 101 Å². The van der Waals surface area contributed by atoms with E-state index in [9.17, 15) is 9.59 Å². The van der Waals surface area contributed by atoms with Gasteiger partial charge in [0.2, 0.25) is 11.8 Å². The van der Waals surface area contributed by atoms with Crippen LogP contribution < -0.4 is 16.0 Å². The van der Waals surface area contributed by atoms with Gasteiger partial charge in [0.05, 0.1) is 6.04 Å². The van der Waals surface area contributed by atoms with Crippen molar-refractivity contribution in [2.75, 3.05) is 5.32 Å². The van der Waals surface area contributed by atoms with Crippen molar-refractivity contribution >= 4 is 28.4 Å². The van der Waals surface area contributed by atoms with Crippen molar-refractivity contribution in [2.45, 2.75) is 44.8 Å². The lowest BCUT2D eigenvalue weighted by molar-refractivity contribution is -0.128. The average Bonchev–Trinajstić information content (AvgIpc) is 3.31. The number of aromatic nitrogens is 1. The van der Waals surface area contributed by atoms with Crippen LogP contribution in [0.15, 0.2) is 79.0 Å². The number of carbonyl (C=O) groups excluding carboxylic acids is 2. The minimum absolute atomic E-state index is 0.166. The molecule has 0 fully saturated rings. The molecule has 178 valence electrons. The van der Waals surface area contributed by atoms with Gasteiger partial charge in [0.25, 0.3) is 0 Å². The molecule has 0 saturated heterocycles. The summed E-state index contributed by atoms with van der Waals surface area (Å²) < 4.78 is 0. The largest absolute Gasteiger partial charge is 0.361 e. The molecule has 35 heavy (non-hydrogen) atoms. The summed E-state index contributed by atoms with van der Waals surface area (Å²) in [6, 6.07) is 22.9. The fourth-order valence-corrected chi connectivity index (χ4v) is 4.69. The number of rotatable bonds is 7. The van der Waals surface area contributed by atoms with Crippen LogP contribution in [-0.2, 0) is 35.4 Å². The minimum Gasteiger partial charge on any atom is -0.361 e. The molecule has 0 unspecified atom stereocenters. The van der Waals surface area contributed by atoms with Gasteiger partial charge in [-0.3, -0.25) is 9.59 Å². The van der Waals surface area contributed by atoms with Crippen molar-refractivity contribution < 1.29 is 9.59 Å². The molecule has 0 spiro atoms. The Morgan fingerprint density at radius 3 is 2.51 bits per heavy atom. The maximum atomic E-state index is 13.4. The molecule has 0 saturated carbocycles. The fraction of sp³-hybridized carbons (Fsp3) is 0.241.